The van der Waals surface area contributed by atoms with Gasteiger partial charge in [-0.15, -0.1) is 0 Å². The fraction of sp³-hybridized carbons (Fsp3) is 0.381. The number of rotatable bonds is 3. The number of hydrogen-bond donors (Lipinski definition) is 1. The summed E-state index contributed by atoms with van der Waals surface area (Å²) in [7, 11) is 1.96. The molecule has 6 nitrogen and oxygen atoms in total. The van der Waals surface area contributed by atoms with E-state index >= 15 is 0 Å². The number of aromatic nitrogens is 3. The van der Waals surface area contributed by atoms with Crippen molar-refractivity contribution in [2.75, 3.05) is 0 Å². The molecule has 1 aromatic carbocycles. The van der Waals surface area contributed by atoms with Crippen LogP contribution in [0.25, 0.3) is 10.9 Å². The van der Waals surface area contributed by atoms with Gasteiger partial charge in [0.15, 0.2) is 5.43 Å². The number of pyridine rings is 1. The summed E-state index contributed by atoms with van der Waals surface area (Å²) in [5, 5.41) is 8.36. The molecule has 0 fully saturated rings. The van der Waals surface area contributed by atoms with Gasteiger partial charge in [-0.05, 0) is 45.2 Å². The van der Waals surface area contributed by atoms with Crippen LogP contribution >= 0.6 is 0 Å². The minimum Gasteiger partial charge on any atom is -0.348 e. The molecule has 1 amide bonds. The van der Waals surface area contributed by atoms with E-state index in [0.717, 1.165) is 36.2 Å². The quantitative estimate of drug-likeness (QED) is 0.776. The zero-order valence-corrected chi connectivity index (χ0v) is 16.0. The Morgan fingerprint density at radius 3 is 2.89 bits per heavy atom. The number of fused-ring (bicyclic) bond motifs is 2. The van der Waals surface area contributed by atoms with Crippen molar-refractivity contribution in [1.29, 1.82) is 0 Å². The van der Waals surface area contributed by atoms with Gasteiger partial charge in [0, 0.05) is 35.5 Å². The summed E-state index contributed by atoms with van der Waals surface area (Å²) in [6.45, 7) is 4.06. The number of nitrogens with zero attached hydrogens (tertiary/aromatic N) is 3. The molecule has 4 rings (SSSR count). The maximum absolute atomic E-state index is 12.9. The first-order chi connectivity index (χ1) is 13.0. The third kappa shape index (κ3) is 3.05. The SMILES string of the molecule is Cc1nn(C)c2c1C(NC(=O)Cn1c(C)cc(=O)c3ccccc31)CCC2. The van der Waals surface area contributed by atoms with Crippen molar-refractivity contribution in [3.8, 4) is 0 Å². The molecule has 1 atom stereocenters. The second-order valence-electron chi connectivity index (χ2n) is 7.33. The Morgan fingerprint density at radius 1 is 1.30 bits per heavy atom. The second-order valence-corrected chi connectivity index (χ2v) is 7.33. The molecule has 3 aromatic rings. The minimum atomic E-state index is -0.0481. The van der Waals surface area contributed by atoms with Crippen molar-refractivity contribution in [3.05, 3.63) is 63.2 Å². The third-order valence-electron chi connectivity index (χ3n) is 5.51. The van der Waals surface area contributed by atoms with Crippen LogP contribution in [0.2, 0.25) is 0 Å². The Hall–Kier alpha value is -2.89. The average Bonchev–Trinajstić information content (AvgIpc) is 2.94. The van der Waals surface area contributed by atoms with Gasteiger partial charge in [0.25, 0.3) is 0 Å². The fourth-order valence-corrected chi connectivity index (χ4v) is 4.28. The number of hydrogen-bond acceptors (Lipinski definition) is 3. The molecule has 1 aliphatic rings. The highest BCUT2D eigenvalue weighted by atomic mass is 16.2. The lowest BCUT2D eigenvalue weighted by Gasteiger charge is -2.25. The summed E-state index contributed by atoms with van der Waals surface area (Å²) in [4.78, 5) is 25.1. The van der Waals surface area contributed by atoms with Gasteiger partial charge in [-0.2, -0.15) is 5.10 Å². The minimum absolute atomic E-state index is 0.000835. The van der Waals surface area contributed by atoms with Crippen molar-refractivity contribution in [2.24, 2.45) is 7.05 Å². The molecule has 2 aromatic heterocycles. The van der Waals surface area contributed by atoms with Crippen LogP contribution in [-0.4, -0.2) is 20.3 Å². The summed E-state index contributed by atoms with van der Waals surface area (Å²) in [5.41, 5.74) is 4.94. The summed E-state index contributed by atoms with van der Waals surface area (Å²) >= 11 is 0. The largest absolute Gasteiger partial charge is 0.348 e. The number of aryl methyl sites for hydroxylation is 3. The van der Waals surface area contributed by atoms with Crippen LogP contribution in [0.5, 0.6) is 0 Å². The molecule has 6 heteroatoms. The Labute approximate surface area is 157 Å². The Morgan fingerprint density at radius 2 is 2.07 bits per heavy atom. The summed E-state index contributed by atoms with van der Waals surface area (Å²) in [5.74, 6) is -0.0481. The Kier molecular flexibility index (Phi) is 4.34. The van der Waals surface area contributed by atoms with Crippen molar-refractivity contribution in [1.82, 2.24) is 19.7 Å². The van der Waals surface area contributed by atoms with E-state index in [1.807, 2.05) is 48.3 Å². The number of benzene rings is 1. The number of nitrogens with one attached hydrogen (secondary N) is 1. The predicted molar refractivity (Wildman–Crippen MR) is 105 cm³/mol. The van der Waals surface area contributed by atoms with Gasteiger partial charge in [-0.3, -0.25) is 14.3 Å². The lowest BCUT2D eigenvalue weighted by atomic mass is 9.91. The van der Waals surface area contributed by atoms with Crippen LogP contribution in [0.4, 0.5) is 0 Å². The third-order valence-corrected chi connectivity index (χ3v) is 5.51. The molecule has 2 heterocycles. The van der Waals surface area contributed by atoms with Gasteiger partial charge in [0.2, 0.25) is 5.91 Å². The van der Waals surface area contributed by atoms with E-state index in [4.69, 9.17) is 0 Å². The fourth-order valence-electron chi connectivity index (χ4n) is 4.28. The summed E-state index contributed by atoms with van der Waals surface area (Å²) in [6, 6.07) is 9.03. The van der Waals surface area contributed by atoms with E-state index in [-0.39, 0.29) is 23.9 Å². The lowest BCUT2D eigenvalue weighted by molar-refractivity contribution is -0.122. The van der Waals surface area contributed by atoms with Gasteiger partial charge < -0.3 is 9.88 Å². The van der Waals surface area contributed by atoms with Crippen LogP contribution in [-0.2, 0) is 24.8 Å². The van der Waals surface area contributed by atoms with Crippen molar-refractivity contribution in [2.45, 2.75) is 45.7 Å². The van der Waals surface area contributed by atoms with Crippen LogP contribution in [0, 0.1) is 13.8 Å². The topological polar surface area (TPSA) is 68.9 Å². The molecule has 0 aliphatic heterocycles. The molecule has 27 heavy (non-hydrogen) atoms. The predicted octanol–water partition coefficient (Wildman–Crippen LogP) is 2.55. The van der Waals surface area contributed by atoms with Crippen LogP contribution in [0.3, 0.4) is 0 Å². The smallest absolute Gasteiger partial charge is 0.240 e. The zero-order valence-electron chi connectivity index (χ0n) is 16.0. The maximum atomic E-state index is 12.9. The molecule has 0 saturated carbocycles. The van der Waals surface area contributed by atoms with Gasteiger partial charge in [0.05, 0.1) is 17.3 Å². The lowest BCUT2D eigenvalue weighted by Crippen LogP contribution is -2.34. The van der Waals surface area contributed by atoms with E-state index in [1.54, 1.807) is 12.1 Å². The molecule has 140 valence electrons. The molecule has 1 N–H and O–H groups in total. The molecule has 0 saturated heterocycles. The van der Waals surface area contributed by atoms with Gasteiger partial charge in [-0.25, -0.2) is 0 Å². The van der Waals surface area contributed by atoms with Crippen LogP contribution < -0.4 is 10.7 Å². The van der Waals surface area contributed by atoms with Crippen molar-refractivity contribution >= 4 is 16.8 Å². The maximum Gasteiger partial charge on any atom is 0.240 e. The van der Waals surface area contributed by atoms with E-state index in [9.17, 15) is 9.59 Å². The molecule has 0 bridgehead atoms. The van der Waals surface area contributed by atoms with E-state index in [1.165, 1.54) is 11.3 Å². The molecule has 0 spiro atoms. The molecular formula is C21H24N4O2. The van der Waals surface area contributed by atoms with Gasteiger partial charge in [-0.1, -0.05) is 12.1 Å². The first-order valence-corrected chi connectivity index (χ1v) is 9.36. The van der Waals surface area contributed by atoms with E-state index < -0.39 is 0 Å². The number of carbonyl (C=O) groups excluding carboxylic acids is 1. The molecule has 0 radical (unpaired) electrons. The molecule has 1 aliphatic carbocycles. The normalized spacial score (nSPS) is 16.3. The highest BCUT2D eigenvalue weighted by Crippen LogP contribution is 2.31. The Bertz CT molecular complexity index is 1090. The number of amides is 1. The van der Waals surface area contributed by atoms with Crippen molar-refractivity contribution < 1.29 is 4.79 Å². The first kappa shape index (κ1) is 17.5. The van der Waals surface area contributed by atoms with E-state index in [2.05, 4.69) is 10.4 Å². The molecule has 1 unspecified atom stereocenters. The standard InChI is InChI=1S/C21H24N4O2/c1-13-11-19(26)15-7-4-5-9-17(15)25(13)12-20(27)22-16-8-6-10-18-21(16)14(2)23-24(18)3/h4-5,7,9,11,16H,6,8,10,12H2,1-3H3,(H,22,27). The Balaban J connectivity index is 1.62. The summed E-state index contributed by atoms with van der Waals surface area (Å²) in [6.07, 6.45) is 2.97. The highest BCUT2D eigenvalue weighted by molar-refractivity contribution is 5.83. The summed E-state index contributed by atoms with van der Waals surface area (Å²) < 4.78 is 3.84. The monoisotopic (exact) mass is 364 g/mol. The zero-order chi connectivity index (χ0) is 19.1. The average molecular weight is 364 g/mol. The number of carbonyl (C=O) groups is 1. The molecular weight excluding hydrogens is 340 g/mol. The van der Waals surface area contributed by atoms with Crippen LogP contribution in [0.1, 0.15) is 41.5 Å². The van der Waals surface area contributed by atoms with Crippen LogP contribution in [0.15, 0.2) is 35.1 Å². The second kappa shape index (κ2) is 6.68. The van der Waals surface area contributed by atoms with E-state index in [0.29, 0.717) is 5.39 Å². The van der Waals surface area contributed by atoms with Crippen molar-refractivity contribution in [3.63, 3.8) is 0 Å². The number of para-hydroxylation sites is 1. The van der Waals surface area contributed by atoms with Gasteiger partial charge in [0.1, 0.15) is 6.54 Å². The highest BCUT2D eigenvalue weighted by Gasteiger charge is 2.27. The van der Waals surface area contributed by atoms with Gasteiger partial charge >= 0.3 is 0 Å². The first-order valence-electron chi connectivity index (χ1n) is 9.36.